The molecule has 0 saturated heterocycles. The van der Waals surface area contributed by atoms with Crippen LogP contribution in [0.3, 0.4) is 0 Å². The lowest BCUT2D eigenvalue weighted by molar-refractivity contribution is -0.119. The van der Waals surface area contributed by atoms with E-state index in [-0.39, 0.29) is 17.6 Å². The SMILES string of the molecule is Cc1ccc(NC(=O)C(C)Cn2nc(C)c(Br)c2C)cc1F. The Morgan fingerprint density at radius 3 is 2.64 bits per heavy atom. The first kappa shape index (κ1) is 16.7. The lowest BCUT2D eigenvalue weighted by Gasteiger charge is -2.14. The molecule has 0 spiro atoms. The Bertz CT molecular complexity index is 712. The maximum atomic E-state index is 13.5. The van der Waals surface area contributed by atoms with Gasteiger partial charge in [-0.05, 0) is 54.4 Å². The Labute approximate surface area is 137 Å². The molecule has 0 aliphatic carbocycles. The second-order valence-electron chi connectivity index (χ2n) is 5.52. The third kappa shape index (κ3) is 3.55. The van der Waals surface area contributed by atoms with Gasteiger partial charge in [0.25, 0.3) is 0 Å². The first-order valence-corrected chi connectivity index (χ1v) is 7.85. The van der Waals surface area contributed by atoms with Gasteiger partial charge < -0.3 is 5.32 Å². The van der Waals surface area contributed by atoms with Crippen LogP contribution in [0.4, 0.5) is 10.1 Å². The van der Waals surface area contributed by atoms with Crippen molar-refractivity contribution < 1.29 is 9.18 Å². The van der Waals surface area contributed by atoms with Crippen molar-refractivity contribution in [3.05, 3.63) is 45.4 Å². The number of hydrogen-bond acceptors (Lipinski definition) is 2. The minimum absolute atomic E-state index is 0.160. The number of carbonyl (C=O) groups is 1. The summed E-state index contributed by atoms with van der Waals surface area (Å²) in [6, 6.07) is 4.68. The topological polar surface area (TPSA) is 46.9 Å². The number of carbonyl (C=O) groups excluding carboxylic acids is 1. The largest absolute Gasteiger partial charge is 0.326 e. The Morgan fingerprint density at radius 1 is 1.41 bits per heavy atom. The van der Waals surface area contributed by atoms with Gasteiger partial charge in [-0.15, -0.1) is 0 Å². The predicted octanol–water partition coefficient (Wildman–Crippen LogP) is 3.98. The fourth-order valence-corrected chi connectivity index (χ4v) is 2.42. The van der Waals surface area contributed by atoms with Crippen LogP contribution in [0.25, 0.3) is 0 Å². The van der Waals surface area contributed by atoms with Crippen LogP contribution < -0.4 is 5.32 Å². The fraction of sp³-hybridized carbons (Fsp3) is 0.375. The summed E-state index contributed by atoms with van der Waals surface area (Å²) in [7, 11) is 0. The lowest BCUT2D eigenvalue weighted by atomic mass is 10.1. The normalized spacial score (nSPS) is 12.3. The molecule has 118 valence electrons. The van der Waals surface area contributed by atoms with Gasteiger partial charge in [-0.25, -0.2) is 4.39 Å². The summed E-state index contributed by atoms with van der Waals surface area (Å²) in [5, 5.41) is 7.13. The summed E-state index contributed by atoms with van der Waals surface area (Å²) in [6.45, 7) is 7.84. The van der Waals surface area contributed by atoms with Gasteiger partial charge in [0.15, 0.2) is 0 Å². The van der Waals surface area contributed by atoms with Crippen LogP contribution in [-0.2, 0) is 11.3 Å². The molecular weight excluding hydrogens is 349 g/mol. The second kappa shape index (κ2) is 6.60. The maximum Gasteiger partial charge on any atom is 0.229 e. The molecule has 1 amide bonds. The molecule has 6 heteroatoms. The lowest BCUT2D eigenvalue weighted by Crippen LogP contribution is -2.25. The summed E-state index contributed by atoms with van der Waals surface area (Å²) < 4.78 is 16.3. The van der Waals surface area contributed by atoms with Crippen molar-refractivity contribution in [2.45, 2.75) is 34.2 Å². The molecule has 1 N–H and O–H groups in total. The summed E-state index contributed by atoms with van der Waals surface area (Å²) in [6.07, 6.45) is 0. The van der Waals surface area contributed by atoms with E-state index in [2.05, 4.69) is 26.3 Å². The summed E-state index contributed by atoms with van der Waals surface area (Å²) >= 11 is 3.47. The molecule has 0 aliphatic rings. The quantitative estimate of drug-likeness (QED) is 0.887. The average molecular weight is 368 g/mol. The fourth-order valence-electron chi connectivity index (χ4n) is 2.13. The molecule has 1 aromatic carbocycles. The van der Waals surface area contributed by atoms with E-state index in [1.807, 2.05) is 20.8 Å². The Balaban J connectivity index is 2.05. The summed E-state index contributed by atoms with van der Waals surface area (Å²) in [5.74, 6) is -0.769. The Hall–Kier alpha value is -1.69. The highest BCUT2D eigenvalue weighted by molar-refractivity contribution is 9.10. The van der Waals surface area contributed by atoms with E-state index in [4.69, 9.17) is 0 Å². The van der Waals surface area contributed by atoms with Gasteiger partial charge >= 0.3 is 0 Å². The minimum atomic E-state index is -0.326. The predicted molar refractivity (Wildman–Crippen MR) is 88.3 cm³/mol. The first-order chi connectivity index (χ1) is 10.3. The number of hydrogen-bond donors (Lipinski definition) is 1. The molecule has 0 radical (unpaired) electrons. The van der Waals surface area contributed by atoms with Crippen molar-refractivity contribution in [3.8, 4) is 0 Å². The second-order valence-corrected chi connectivity index (χ2v) is 6.31. The highest BCUT2D eigenvalue weighted by Crippen LogP contribution is 2.21. The van der Waals surface area contributed by atoms with Crippen LogP contribution in [0.5, 0.6) is 0 Å². The van der Waals surface area contributed by atoms with E-state index in [0.29, 0.717) is 17.8 Å². The van der Waals surface area contributed by atoms with E-state index in [9.17, 15) is 9.18 Å². The zero-order valence-corrected chi connectivity index (χ0v) is 14.7. The number of amides is 1. The van der Waals surface area contributed by atoms with Gasteiger partial charge in [0, 0.05) is 11.4 Å². The molecular formula is C16H19BrFN3O. The highest BCUT2D eigenvalue weighted by atomic mass is 79.9. The number of aryl methyl sites for hydroxylation is 2. The number of halogens is 2. The van der Waals surface area contributed by atoms with Gasteiger partial charge in [-0.3, -0.25) is 9.48 Å². The smallest absolute Gasteiger partial charge is 0.229 e. The van der Waals surface area contributed by atoms with Gasteiger partial charge in [0.05, 0.1) is 22.6 Å². The molecule has 2 rings (SSSR count). The summed E-state index contributed by atoms with van der Waals surface area (Å²) in [4.78, 5) is 12.2. The van der Waals surface area contributed by atoms with Crippen LogP contribution in [0, 0.1) is 32.5 Å². The van der Waals surface area contributed by atoms with Crippen LogP contribution in [0.1, 0.15) is 23.9 Å². The van der Waals surface area contributed by atoms with Crippen molar-refractivity contribution in [3.63, 3.8) is 0 Å². The average Bonchev–Trinajstić information content (AvgIpc) is 2.70. The molecule has 0 aliphatic heterocycles. The van der Waals surface area contributed by atoms with Crippen LogP contribution in [0.2, 0.25) is 0 Å². The van der Waals surface area contributed by atoms with Crippen molar-refractivity contribution in [1.29, 1.82) is 0 Å². The van der Waals surface area contributed by atoms with E-state index in [1.165, 1.54) is 6.07 Å². The third-order valence-corrected chi connectivity index (χ3v) is 4.77. The first-order valence-electron chi connectivity index (χ1n) is 7.06. The Kier molecular flexibility index (Phi) is 5.01. The number of anilines is 1. The molecule has 1 atom stereocenters. The molecule has 1 heterocycles. The van der Waals surface area contributed by atoms with E-state index in [1.54, 1.807) is 23.7 Å². The third-order valence-electron chi connectivity index (χ3n) is 3.63. The van der Waals surface area contributed by atoms with Gasteiger partial charge in [-0.2, -0.15) is 5.10 Å². The van der Waals surface area contributed by atoms with Crippen LogP contribution in [0.15, 0.2) is 22.7 Å². The number of nitrogens with zero attached hydrogens (tertiary/aromatic N) is 2. The molecule has 1 unspecified atom stereocenters. The van der Waals surface area contributed by atoms with E-state index in [0.717, 1.165) is 15.9 Å². The zero-order valence-electron chi connectivity index (χ0n) is 13.1. The van der Waals surface area contributed by atoms with Crippen molar-refractivity contribution >= 4 is 27.5 Å². The van der Waals surface area contributed by atoms with Crippen LogP contribution in [-0.4, -0.2) is 15.7 Å². The van der Waals surface area contributed by atoms with Crippen molar-refractivity contribution in [1.82, 2.24) is 9.78 Å². The molecule has 1 aromatic heterocycles. The molecule has 4 nitrogen and oxygen atoms in total. The minimum Gasteiger partial charge on any atom is -0.326 e. The number of benzene rings is 1. The van der Waals surface area contributed by atoms with Crippen molar-refractivity contribution in [2.24, 2.45) is 5.92 Å². The molecule has 0 saturated carbocycles. The monoisotopic (exact) mass is 367 g/mol. The van der Waals surface area contributed by atoms with Crippen molar-refractivity contribution in [2.75, 3.05) is 5.32 Å². The zero-order chi connectivity index (χ0) is 16.4. The van der Waals surface area contributed by atoms with E-state index >= 15 is 0 Å². The van der Waals surface area contributed by atoms with Crippen LogP contribution >= 0.6 is 15.9 Å². The number of aromatic nitrogens is 2. The molecule has 0 bridgehead atoms. The Morgan fingerprint density at radius 2 is 2.09 bits per heavy atom. The summed E-state index contributed by atoms with van der Waals surface area (Å²) in [5.41, 5.74) is 2.90. The van der Waals surface area contributed by atoms with Gasteiger partial charge in [0.2, 0.25) is 5.91 Å². The molecule has 0 fully saturated rings. The number of nitrogens with one attached hydrogen (secondary N) is 1. The highest BCUT2D eigenvalue weighted by Gasteiger charge is 2.17. The molecule has 2 aromatic rings. The number of rotatable bonds is 4. The van der Waals surface area contributed by atoms with Gasteiger partial charge in [-0.1, -0.05) is 13.0 Å². The maximum absolute atomic E-state index is 13.5. The van der Waals surface area contributed by atoms with Gasteiger partial charge in [0.1, 0.15) is 5.82 Å². The van der Waals surface area contributed by atoms with E-state index < -0.39 is 0 Å². The molecule has 22 heavy (non-hydrogen) atoms. The standard InChI is InChI=1S/C16H19BrFN3O/c1-9-5-6-13(7-14(9)18)19-16(22)10(2)8-21-12(4)15(17)11(3)20-21/h5-7,10H,8H2,1-4H3,(H,19,22).